The van der Waals surface area contributed by atoms with Crippen molar-refractivity contribution in [1.29, 1.82) is 0 Å². The Hall–Kier alpha value is -2.39. The normalized spacial score (nSPS) is 26.7. The number of fused-ring (bicyclic) bond motifs is 1. The van der Waals surface area contributed by atoms with E-state index in [0.717, 1.165) is 12.8 Å². The highest BCUT2D eigenvalue weighted by molar-refractivity contribution is 8.03. The summed E-state index contributed by atoms with van der Waals surface area (Å²) in [5.41, 5.74) is 0.314. The summed E-state index contributed by atoms with van der Waals surface area (Å²) < 4.78 is 18.9. The fourth-order valence-corrected chi connectivity index (χ4v) is 4.71. The Bertz CT molecular complexity index is 827. The van der Waals surface area contributed by atoms with Gasteiger partial charge in [-0.15, -0.1) is 11.8 Å². The molecule has 3 aliphatic heterocycles. The molecule has 7 nitrogen and oxygen atoms in total. The number of benzene rings is 1. The minimum absolute atomic E-state index is 0.160. The van der Waals surface area contributed by atoms with Crippen LogP contribution in [0.2, 0.25) is 0 Å². The van der Waals surface area contributed by atoms with E-state index in [4.69, 9.17) is 4.74 Å². The molecule has 0 saturated carbocycles. The number of carbonyl (C=O) groups is 3. The maximum Gasteiger partial charge on any atom is 0.327 e. The summed E-state index contributed by atoms with van der Waals surface area (Å²) in [5.74, 6) is -1.16. The van der Waals surface area contributed by atoms with Crippen molar-refractivity contribution in [2.24, 2.45) is 0 Å². The van der Waals surface area contributed by atoms with Gasteiger partial charge in [0.25, 0.3) is 0 Å². The van der Waals surface area contributed by atoms with Crippen LogP contribution in [0, 0.1) is 5.82 Å². The molecule has 1 aromatic rings. The van der Waals surface area contributed by atoms with Gasteiger partial charge in [-0.3, -0.25) is 14.5 Å². The van der Waals surface area contributed by atoms with Crippen molar-refractivity contribution in [3.8, 4) is 0 Å². The Kier molecular flexibility index (Phi) is 5.36. The van der Waals surface area contributed by atoms with E-state index in [1.807, 2.05) is 0 Å². The first-order chi connectivity index (χ1) is 13.5. The molecule has 3 aliphatic rings. The lowest BCUT2D eigenvalue weighted by Crippen LogP contribution is -2.63. The lowest BCUT2D eigenvalue weighted by atomic mass is 10.1. The largest absolute Gasteiger partial charge is 0.376 e. The highest BCUT2D eigenvalue weighted by Gasteiger charge is 2.48. The zero-order chi connectivity index (χ0) is 19.7. The molecule has 0 radical (unpaired) electrons. The van der Waals surface area contributed by atoms with E-state index >= 15 is 0 Å². The van der Waals surface area contributed by atoms with E-state index < -0.39 is 29.0 Å². The van der Waals surface area contributed by atoms with Gasteiger partial charge in [0.2, 0.25) is 11.8 Å². The van der Waals surface area contributed by atoms with E-state index in [0.29, 0.717) is 12.3 Å². The number of ether oxygens (including phenoxy) is 1. The van der Waals surface area contributed by atoms with Crippen molar-refractivity contribution in [1.82, 2.24) is 9.80 Å². The predicted octanol–water partition coefficient (Wildman–Crippen LogP) is 2.21. The van der Waals surface area contributed by atoms with E-state index in [1.165, 1.54) is 39.8 Å². The van der Waals surface area contributed by atoms with Gasteiger partial charge in [0.1, 0.15) is 17.6 Å². The van der Waals surface area contributed by atoms with Crippen molar-refractivity contribution < 1.29 is 23.5 Å². The van der Waals surface area contributed by atoms with Gasteiger partial charge in [0.15, 0.2) is 0 Å². The van der Waals surface area contributed by atoms with Crippen LogP contribution in [0.1, 0.15) is 12.8 Å². The van der Waals surface area contributed by atoms with Gasteiger partial charge in [-0.05, 0) is 36.4 Å². The van der Waals surface area contributed by atoms with Crippen LogP contribution in [0.15, 0.2) is 35.7 Å². The van der Waals surface area contributed by atoms with Crippen molar-refractivity contribution in [2.75, 3.05) is 25.0 Å². The quantitative estimate of drug-likeness (QED) is 0.813. The van der Waals surface area contributed by atoms with Crippen LogP contribution in [-0.2, 0) is 14.3 Å². The van der Waals surface area contributed by atoms with E-state index in [1.54, 1.807) is 17.6 Å². The first kappa shape index (κ1) is 18.9. The molecular weight excluding hydrogens is 385 g/mol. The average molecular weight is 405 g/mol. The standard InChI is InChI=1S/C19H20FN3O4S/c20-12-3-1-4-13(9-12)21-16(24)11-22-15-6-8-28-17(15)18(25)23(19(22)26)10-14-5-2-7-27-14/h1,3-4,6,8-9,14-15,17H,2,5,7,10-11H2,(H,21,24). The highest BCUT2D eigenvalue weighted by Crippen LogP contribution is 2.34. The molecular formula is C19H20FN3O4S. The van der Waals surface area contributed by atoms with Gasteiger partial charge in [-0.25, -0.2) is 9.18 Å². The molecule has 4 rings (SSSR count). The van der Waals surface area contributed by atoms with E-state index in [2.05, 4.69) is 5.32 Å². The fraction of sp³-hybridized carbons (Fsp3) is 0.421. The van der Waals surface area contributed by atoms with E-state index in [-0.39, 0.29) is 25.1 Å². The molecule has 1 N–H and O–H groups in total. The number of imide groups is 1. The number of rotatable bonds is 5. The number of anilines is 1. The maximum atomic E-state index is 13.3. The zero-order valence-electron chi connectivity index (χ0n) is 15.0. The molecule has 2 fully saturated rings. The van der Waals surface area contributed by atoms with Crippen LogP contribution in [0.5, 0.6) is 0 Å². The molecule has 9 heteroatoms. The van der Waals surface area contributed by atoms with Gasteiger partial charge in [-0.1, -0.05) is 12.1 Å². The third kappa shape index (κ3) is 3.77. The molecule has 0 bridgehead atoms. The summed E-state index contributed by atoms with van der Waals surface area (Å²) in [5, 5.41) is 3.93. The molecule has 2 saturated heterocycles. The van der Waals surface area contributed by atoms with Crippen molar-refractivity contribution in [3.63, 3.8) is 0 Å². The number of nitrogens with zero attached hydrogens (tertiary/aromatic N) is 2. The molecule has 3 unspecified atom stereocenters. The van der Waals surface area contributed by atoms with Gasteiger partial charge < -0.3 is 15.0 Å². The smallest absolute Gasteiger partial charge is 0.327 e. The molecule has 3 heterocycles. The molecule has 0 aliphatic carbocycles. The third-order valence-electron chi connectivity index (χ3n) is 4.99. The molecule has 0 spiro atoms. The highest BCUT2D eigenvalue weighted by atomic mass is 32.2. The van der Waals surface area contributed by atoms with Gasteiger partial charge in [-0.2, -0.15) is 0 Å². The van der Waals surface area contributed by atoms with Crippen LogP contribution in [-0.4, -0.2) is 64.7 Å². The molecule has 28 heavy (non-hydrogen) atoms. The number of amides is 4. The van der Waals surface area contributed by atoms with Crippen LogP contribution < -0.4 is 5.32 Å². The molecule has 148 valence electrons. The van der Waals surface area contributed by atoms with Gasteiger partial charge in [0.05, 0.1) is 18.7 Å². The SMILES string of the molecule is O=C(CN1C(=O)N(CC2CCCO2)C(=O)C2SC=CC21)Nc1cccc(F)c1. The van der Waals surface area contributed by atoms with E-state index in [9.17, 15) is 18.8 Å². The second-order valence-corrected chi connectivity index (χ2v) is 7.98. The van der Waals surface area contributed by atoms with Crippen molar-refractivity contribution in [3.05, 3.63) is 41.6 Å². The summed E-state index contributed by atoms with van der Waals surface area (Å²) in [6.07, 6.45) is 3.32. The molecule has 1 aromatic carbocycles. The van der Waals surface area contributed by atoms with Crippen LogP contribution in [0.3, 0.4) is 0 Å². The second-order valence-electron chi connectivity index (χ2n) is 6.93. The Morgan fingerprint density at radius 2 is 2.21 bits per heavy atom. The Balaban J connectivity index is 1.48. The van der Waals surface area contributed by atoms with Crippen molar-refractivity contribution >= 4 is 35.3 Å². The van der Waals surface area contributed by atoms with Crippen molar-refractivity contribution in [2.45, 2.75) is 30.2 Å². The molecule has 4 amide bonds. The summed E-state index contributed by atoms with van der Waals surface area (Å²) in [7, 11) is 0. The number of thioether (sulfide) groups is 1. The van der Waals surface area contributed by atoms with Crippen LogP contribution in [0.4, 0.5) is 14.9 Å². The third-order valence-corrected chi connectivity index (χ3v) is 6.08. The lowest BCUT2D eigenvalue weighted by Gasteiger charge is -2.41. The molecule has 3 atom stereocenters. The first-order valence-corrected chi connectivity index (χ1v) is 10.1. The Morgan fingerprint density at radius 3 is 2.96 bits per heavy atom. The number of carbonyl (C=O) groups excluding carboxylic acids is 3. The molecule has 0 aromatic heterocycles. The summed E-state index contributed by atoms with van der Waals surface area (Å²) in [4.78, 5) is 40.9. The minimum Gasteiger partial charge on any atom is -0.376 e. The fourth-order valence-electron chi connectivity index (χ4n) is 3.65. The van der Waals surface area contributed by atoms with Gasteiger partial charge >= 0.3 is 6.03 Å². The topological polar surface area (TPSA) is 79.0 Å². The maximum absolute atomic E-state index is 13.3. The summed E-state index contributed by atoms with van der Waals surface area (Å²) in [6, 6.07) is 4.58. The second kappa shape index (κ2) is 7.92. The first-order valence-electron chi connectivity index (χ1n) is 9.14. The average Bonchev–Trinajstić information content (AvgIpc) is 3.34. The monoisotopic (exact) mass is 405 g/mol. The minimum atomic E-state index is -0.497. The van der Waals surface area contributed by atoms with Gasteiger partial charge in [0, 0.05) is 12.3 Å². The number of hydrogen-bond donors (Lipinski definition) is 1. The number of hydrogen-bond acceptors (Lipinski definition) is 5. The Labute approximate surface area is 165 Å². The number of halogens is 1. The zero-order valence-corrected chi connectivity index (χ0v) is 15.9. The predicted molar refractivity (Wildman–Crippen MR) is 102 cm³/mol. The Morgan fingerprint density at radius 1 is 1.36 bits per heavy atom. The summed E-state index contributed by atoms with van der Waals surface area (Å²) >= 11 is 1.35. The van der Waals surface area contributed by atoms with Crippen LogP contribution in [0.25, 0.3) is 0 Å². The number of urea groups is 1. The lowest BCUT2D eigenvalue weighted by molar-refractivity contribution is -0.133. The summed E-state index contributed by atoms with van der Waals surface area (Å²) in [6.45, 7) is 0.600. The van der Waals surface area contributed by atoms with Crippen LogP contribution >= 0.6 is 11.8 Å². The number of nitrogens with one attached hydrogen (secondary N) is 1.